The maximum atomic E-state index is 11.9. The molecule has 1 amide bonds. The van der Waals surface area contributed by atoms with Gasteiger partial charge in [-0.05, 0) is 39.3 Å². The molecule has 2 atom stereocenters. The molecule has 5 heteroatoms. The van der Waals surface area contributed by atoms with Crippen molar-refractivity contribution in [2.75, 3.05) is 5.32 Å². The molecule has 108 valence electrons. The van der Waals surface area contributed by atoms with E-state index >= 15 is 0 Å². The molecular formula is C15H18ClNO3. The normalized spacial score (nSPS) is 21.1. The summed E-state index contributed by atoms with van der Waals surface area (Å²) in [6.07, 6.45) is -0.123. The van der Waals surface area contributed by atoms with Crippen LogP contribution in [0.4, 0.5) is 5.69 Å². The predicted molar refractivity (Wildman–Crippen MR) is 77.9 cm³/mol. The molecule has 1 heterocycles. The van der Waals surface area contributed by atoms with Crippen LogP contribution in [-0.4, -0.2) is 17.1 Å². The van der Waals surface area contributed by atoms with Gasteiger partial charge in [0, 0.05) is 11.3 Å². The van der Waals surface area contributed by atoms with Gasteiger partial charge in [0.2, 0.25) is 5.91 Å². The van der Waals surface area contributed by atoms with Crippen LogP contribution in [-0.2, 0) is 19.9 Å². The number of alkyl halides is 1. The van der Waals surface area contributed by atoms with Crippen molar-refractivity contribution < 1.29 is 14.3 Å². The fourth-order valence-electron chi connectivity index (χ4n) is 2.58. The Labute approximate surface area is 123 Å². The first-order chi connectivity index (χ1) is 9.24. The van der Waals surface area contributed by atoms with Crippen molar-refractivity contribution in [1.29, 1.82) is 0 Å². The average Bonchev–Trinajstić information content (AvgIpc) is 2.59. The van der Waals surface area contributed by atoms with Gasteiger partial charge in [0.15, 0.2) is 11.2 Å². The van der Waals surface area contributed by atoms with E-state index < -0.39 is 16.9 Å². The summed E-state index contributed by atoms with van der Waals surface area (Å²) in [6, 6.07) is 5.63. The number of Topliss-reactive ketones (excluding diaryl/α,β-unsaturated/α-hetero) is 1. The maximum absolute atomic E-state index is 11.9. The van der Waals surface area contributed by atoms with Gasteiger partial charge in [-0.3, -0.25) is 9.59 Å². The van der Waals surface area contributed by atoms with Crippen molar-refractivity contribution in [2.45, 2.75) is 44.8 Å². The third-order valence-corrected chi connectivity index (χ3v) is 3.98. The van der Waals surface area contributed by atoms with E-state index in [0.717, 1.165) is 11.1 Å². The molecule has 0 spiro atoms. The van der Waals surface area contributed by atoms with Crippen LogP contribution in [0.5, 0.6) is 0 Å². The zero-order chi connectivity index (χ0) is 15.1. The van der Waals surface area contributed by atoms with Crippen LogP contribution < -0.4 is 5.32 Å². The molecule has 1 N–H and O–H groups in total. The Hall–Kier alpha value is -1.39. The molecule has 1 aromatic carbocycles. The van der Waals surface area contributed by atoms with Crippen LogP contribution >= 0.6 is 11.6 Å². The molecule has 0 aromatic heterocycles. The van der Waals surface area contributed by atoms with Crippen molar-refractivity contribution in [3.8, 4) is 0 Å². The summed E-state index contributed by atoms with van der Waals surface area (Å²) in [7, 11) is 0. The Bertz CT molecular complexity index is 568. The summed E-state index contributed by atoms with van der Waals surface area (Å²) in [5.74, 6) is -0.883. The highest BCUT2D eigenvalue weighted by Crippen LogP contribution is 2.45. The number of ketones is 1. The second-order valence-corrected chi connectivity index (χ2v) is 5.94. The Morgan fingerprint density at radius 2 is 2.05 bits per heavy atom. The molecule has 0 radical (unpaired) electrons. The number of fused-ring (bicyclic) bond motifs is 1. The van der Waals surface area contributed by atoms with Crippen LogP contribution in [0.3, 0.4) is 0 Å². The monoisotopic (exact) mass is 295 g/mol. The van der Waals surface area contributed by atoms with Crippen LogP contribution in [0.1, 0.15) is 44.9 Å². The van der Waals surface area contributed by atoms with E-state index in [1.165, 1.54) is 6.92 Å². The molecule has 1 aliphatic rings. The summed E-state index contributed by atoms with van der Waals surface area (Å²) < 4.78 is 5.90. The van der Waals surface area contributed by atoms with Gasteiger partial charge in [-0.25, -0.2) is 0 Å². The Morgan fingerprint density at radius 3 is 2.65 bits per heavy atom. The summed E-state index contributed by atoms with van der Waals surface area (Å²) in [4.78, 5) is 23.1. The number of carbonyl (C=O) groups excluding carboxylic acids is 2. The fraction of sp³-hybridized carbons (Fsp3) is 0.467. The fourth-order valence-corrected chi connectivity index (χ4v) is 2.64. The predicted octanol–water partition coefficient (Wildman–Crippen LogP) is 3.15. The lowest BCUT2D eigenvalue weighted by Gasteiger charge is -2.19. The molecule has 1 aliphatic heterocycles. The molecule has 2 rings (SSSR count). The molecule has 2 unspecified atom stereocenters. The van der Waals surface area contributed by atoms with Crippen molar-refractivity contribution in [3.63, 3.8) is 0 Å². The van der Waals surface area contributed by atoms with Gasteiger partial charge >= 0.3 is 0 Å². The number of carbonyl (C=O) groups is 2. The highest BCUT2D eigenvalue weighted by atomic mass is 35.5. The minimum absolute atomic E-state index is 0.123. The zero-order valence-corrected chi connectivity index (χ0v) is 12.7. The molecule has 20 heavy (non-hydrogen) atoms. The van der Waals surface area contributed by atoms with Gasteiger partial charge in [-0.1, -0.05) is 12.1 Å². The lowest BCUT2D eigenvalue weighted by Crippen LogP contribution is -2.29. The second-order valence-electron chi connectivity index (χ2n) is 5.50. The summed E-state index contributed by atoms with van der Waals surface area (Å²) in [5.41, 5.74) is 2.24. The topological polar surface area (TPSA) is 55.4 Å². The number of halogens is 1. The lowest BCUT2D eigenvalue weighted by atomic mass is 9.93. The minimum atomic E-state index is -1.17. The van der Waals surface area contributed by atoms with Gasteiger partial charge < -0.3 is 10.1 Å². The zero-order valence-electron chi connectivity index (χ0n) is 12.0. The van der Waals surface area contributed by atoms with Crippen molar-refractivity contribution in [3.05, 3.63) is 29.3 Å². The summed E-state index contributed by atoms with van der Waals surface area (Å²) in [5, 5.41) is 1.55. The van der Waals surface area contributed by atoms with E-state index in [1.807, 2.05) is 32.9 Å². The van der Waals surface area contributed by atoms with E-state index in [2.05, 4.69) is 5.32 Å². The van der Waals surface area contributed by atoms with Crippen LogP contribution in [0.15, 0.2) is 18.2 Å². The Balaban J connectivity index is 2.34. The molecule has 4 nitrogen and oxygen atoms in total. The van der Waals surface area contributed by atoms with E-state index in [9.17, 15) is 9.59 Å². The van der Waals surface area contributed by atoms with Gasteiger partial charge in [-0.2, -0.15) is 0 Å². The summed E-state index contributed by atoms with van der Waals surface area (Å²) >= 11 is 5.77. The lowest BCUT2D eigenvalue weighted by molar-refractivity contribution is -0.123. The molecule has 0 saturated carbocycles. The number of hydrogen-bond acceptors (Lipinski definition) is 3. The number of amides is 1. The highest BCUT2D eigenvalue weighted by Gasteiger charge is 2.37. The Morgan fingerprint density at radius 1 is 1.40 bits per heavy atom. The SMILES string of the molecule is CC(=O)C(Cl)C(=O)Nc1cccc2c1C(C)OC2(C)C. The highest BCUT2D eigenvalue weighted by molar-refractivity contribution is 6.43. The molecule has 0 aliphatic carbocycles. The Kier molecular flexibility index (Phi) is 3.89. The van der Waals surface area contributed by atoms with Crippen molar-refractivity contribution in [2.24, 2.45) is 0 Å². The van der Waals surface area contributed by atoms with E-state index in [1.54, 1.807) is 6.07 Å². The first kappa shape index (κ1) is 15.0. The van der Waals surface area contributed by atoms with Crippen molar-refractivity contribution in [1.82, 2.24) is 0 Å². The summed E-state index contributed by atoms with van der Waals surface area (Å²) in [6.45, 7) is 7.20. The number of hydrogen-bond donors (Lipinski definition) is 1. The molecule has 0 saturated heterocycles. The van der Waals surface area contributed by atoms with Crippen LogP contribution in [0, 0.1) is 0 Å². The van der Waals surface area contributed by atoms with E-state index in [4.69, 9.17) is 16.3 Å². The van der Waals surface area contributed by atoms with E-state index in [0.29, 0.717) is 5.69 Å². The average molecular weight is 296 g/mol. The molecule has 0 fully saturated rings. The van der Waals surface area contributed by atoms with Gasteiger partial charge in [0.25, 0.3) is 0 Å². The standard InChI is InChI=1S/C15H18ClNO3/c1-8(18)13(16)14(19)17-11-7-5-6-10-12(11)9(2)20-15(10,3)4/h5-7,9,13H,1-4H3,(H,17,19). The first-order valence-corrected chi connectivity index (χ1v) is 6.94. The number of rotatable bonds is 3. The smallest absolute Gasteiger partial charge is 0.250 e. The largest absolute Gasteiger partial charge is 0.363 e. The molecule has 1 aromatic rings. The number of benzene rings is 1. The van der Waals surface area contributed by atoms with Crippen LogP contribution in [0.2, 0.25) is 0 Å². The maximum Gasteiger partial charge on any atom is 0.250 e. The minimum Gasteiger partial charge on any atom is -0.363 e. The first-order valence-electron chi connectivity index (χ1n) is 6.50. The molecule has 0 bridgehead atoms. The van der Waals surface area contributed by atoms with Gasteiger partial charge in [-0.15, -0.1) is 11.6 Å². The third kappa shape index (κ3) is 2.58. The van der Waals surface area contributed by atoms with Crippen LogP contribution in [0.25, 0.3) is 0 Å². The van der Waals surface area contributed by atoms with Gasteiger partial charge in [0.05, 0.1) is 11.7 Å². The third-order valence-electron chi connectivity index (χ3n) is 3.48. The van der Waals surface area contributed by atoms with Gasteiger partial charge in [0.1, 0.15) is 0 Å². The molecular weight excluding hydrogens is 278 g/mol. The second kappa shape index (κ2) is 5.19. The van der Waals surface area contributed by atoms with Crippen molar-refractivity contribution >= 4 is 29.0 Å². The number of anilines is 1. The number of nitrogens with one attached hydrogen (secondary N) is 1. The quantitative estimate of drug-likeness (QED) is 0.688. The number of ether oxygens (including phenoxy) is 1. The van der Waals surface area contributed by atoms with E-state index in [-0.39, 0.29) is 11.9 Å².